The molecule has 2 aromatic rings. The average molecular weight is 420 g/mol. The van der Waals surface area contributed by atoms with Crippen LogP contribution in [0.4, 0.5) is 29.3 Å². The summed E-state index contributed by atoms with van der Waals surface area (Å²) in [6, 6.07) is 10.2. The molecular formula is C22H27F3N4O. The summed E-state index contributed by atoms with van der Waals surface area (Å²) in [6.45, 7) is 9.26. The molecule has 2 N–H and O–H groups in total. The molecule has 0 spiro atoms. The molecule has 1 aliphatic heterocycles. The molecule has 5 nitrogen and oxygen atoms in total. The second-order valence-electron chi connectivity index (χ2n) is 7.43. The second kappa shape index (κ2) is 9.38. The lowest BCUT2D eigenvalue weighted by molar-refractivity contribution is -0.137. The third-order valence-electron chi connectivity index (χ3n) is 5.32. The van der Waals surface area contributed by atoms with Crippen molar-refractivity contribution in [3.63, 3.8) is 0 Å². The number of anilines is 2. The molecule has 2 amide bonds. The van der Waals surface area contributed by atoms with E-state index in [1.165, 1.54) is 6.07 Å². The lowest BCUT2D eigenvalue weighted by Crippen LogP contribution is -2.46. The molecule has 0 aromatic heterocycles. The summed E-state index contributed by atoms with van der Waals surface area (Å²) in [5.41, 5.74) is 2.52. The third-order valence-corrected chi connectivity index (χ3v) is 5.32. The molecule has 3 rings (SSSR count). The molecule has 1 aliphatic rings. The van der Waals surface area contributed by atoms with E-state index in [4.69, 9.17) is 0 Å². The zero-order valence-electron chi connectivity index (χ0n) is 17.2. The number of hydrogen-bond acceptors (Lipinski definition) is 3. The smallest absolute Gasteiger partial charge is 0.369 e. The normalized spacial score (nSPS) is 15.2. The van der Waals surface area contributed by atoms with Crippen LogP contribution in [-0.4, -0.2) is 43.7 Å². The van der Waals surface area contributed by atoms with Gasteiger partial charge in [0, 0.05) is 44.1 Å². The van der Waals surface area contributed by atoms with Gasteiger partial charge in [-0.15, -0.1) is 0 Å². The number of piperazine rings is 1. The summed E-state index contributed by atoms with van der Waals surface area (Å²) >= 11 is 0. The number of benzene rings is 2. The van der Waals surface area contributed by atoms with Crippen LogP contribution in [0.5, 0.6) is 0 Å². The Morgan fingerprint density at radius 1 is 1.07 bits per heavy atom. The van der Waals surface area contributed by atoms with Crippen molar-refractivity contribution in [1.82, 2.24) is 10.2 Å². The van der Waals surface area contributed by atoms with Gasteiger partial charge < -0.3 is 20.4 Å². The average Bonchev–Trinajstić information content (AvgIpc) is 2.72. The van der Waals surface area contributed by atoms with Crippen LogP contribution >= 0.6 is 0 Å². The number of halogens is 3. The molecule has 0 atom stereocenters. The zero-order chi connectivity index (χ0) is 21.7. The maximum absolute atomic E-state index is 12.8. The van der Waals surface area contributed by atoms with E-state index in [-0.39, 0.29) is 6.54 Å². The van der Waals surface area contributed by atoms with Crippen molar-refractivity contribution in [2.75, 3.05) is 42.9 Å². The molecule has 0 aliphatic carbocycles. The SMILES string of the molecule is CCN1CCN(c2ccc(NC(=O)NCc3cccc(C(F)(F)F)c3)cc2C)CC1. The van der Waals surface area contributed by atoms with Gasteiger partial charge in [-0.3, -0.25) is 0 Å². The van der Waals surface area contributed by atoms with Gasteiger partial charge in [0.15, 0.2) is 0 Å². The lowest BCUT2D eigenvalue weighted by Gasteiger charge is -2.36. The molecule has 0 bridgehead atoms. The van der Waals surface area contributed by atoms with Crippen molar-refractivity contribution in [2.24, 2.45) is 0 Å². The Hall–Kier alpha value is -2.74. The Morgan fingerprint density at radius 3 is 2.43 bits per heavy atom. The van der Waals surface area contributed by atoms with Crippen LogP contribution < -0.4 is 15.5 Å². The number of carbonyl (C=O) groups excluding carboxylic acids is 1. The fraction of sp³-hybridized carbons (Fsp3) is 0.409. The number of amides is 2. The molecule has 8 heteroatoms. The van der Waals surface area contributed by atoms with Crippen LogP contribution in [0, 0.1) is 6.92 Å². The third kappa shape index (κ3) is 5.66. The van der Waals surface area contributed by atoms with Crippen molar-refractivity contribution >= 4 is 17.4 Å². The van der Waals surface area contributed by atoms with Gasteiger partial charge in [0.25, 0.3) is 0 Å². The van der Waals surface area contributed by atoms with Crippen LogP contribution in [0.15, 0.2) is 42.5 Å². The van der Waals surface area contributed by atoms with Crippen molar-refractivity contribution in [3.8, 4) is 0 Å². The van der Waals surface area contributed by atoms with Crippen LogP contribution in [0.1, 0.15) is 23.6 Å². The molecule has 1 saturated heterocycles. The Morgan fingerprint density at radius 2 is 1.80 bits per heavy atom. The molecule has 1 heterocycles. The topological polar surface area (TPSA) is 47.6 Å². The molecule has 0 saturated carbocycles. The highest BCUT2D eigenvalue weighted by Gasteiger charge is 2.30. The number of hydrogen-bond donors (Lipinski definition) is 2. The number of nitrogens with zero attached hydrogens (tertiary/aromatic N) is 2. The fourth-order valence-electron chi connectivity index (χ4n) is 3.61. The highest BCUT2D eigenvalue weighted by Crippen LogP contribution is 2.29. The number of aryl methyl sites for hydroxylation is 1. The number of rotatable bonds is 5. The van der Waals surface area contributed by atoms with E-state index in [0.29, 0.717) is 11.3 Å². The fourth-order valence-corrected chi connectivity index (χ4v) is 3.61. The highest BCUT2D eigenvalue weighted by molar-refractivity contribution is 5.89. The monoisotopic (exact) mass is 420 g/mol. The zero-order valence-corrected chi connectivity index (χ0v) is 17.2. The molecule has 0 radical (unpaired) electrons. The Balaban J connectivity index is 1.55. The van der Waals surface area contributed by atoms with E-state index in [1.54, 1.807) is 6.07 Å². The molecule has 2 aromatic carbocycles. The van der Waals surface area contributed by atoms with Crippen molar-refractivity contribution in [1.29, 1.82) is 0 Å². The molecule has 30 heavy (non-hydrogen) atoms. The van der Waals surface area contributed by atoms with E-state index < -0.39 is 17.8 Å². The molecule has 1 fully saturated rings. The van der Waals surface area contributed by atoms with Crippen molar-refractivity contribution < 1.29 is 18.0 Å². The predicted octanol–water partition coefficient (Wildman–Crippen LogP) is 4.48. The maximum atomic E-state index is 12.8. The molecular weight excluding hydrogens is 393 g/mol. The van der Waals surface area contributed by atoms with Crippen LogP contribution in [-0.2, 0) is 12.7 Å². The minimum Gasteiger partial charge on any atom is -0.369 e. The summed E-state index contributed by atoms with van der Waals surface area (Å²) in [4.78, 5) is 16.9. The van der Waals surface area contributed by atoms with Crippen molar-refractivity contribution in [3.05, 3.63) is 59.2 Å². The predicted molar refractivity (Wildman–Crippen MR) is 113 cm³/mol. The molecule has 162 valence electrons. The Bertz CT molecular complexity index is 877. The van der Waals surface area contributed by atoms with E-state index in [2.05, 4.69) is 27.4 Å². The first kappa shape index (κ1) is 22.0. The van der Waals surface area contributed by atoms with Gasteiger partial charge in [-0.1, -0.05) is 19.1 Å². The Kier molecular flexibility index (Phi) is 6.87. The first-order chi connectivity index (χ1) is 14.3. The Labute approximate surface area is 174 Å². The number of alkyl halides is 3. The van der Waals surface area contributed by atoms with Gasteiger partial charge in [0.1, 0.15) is 0 Å². The van der Waals surface area contributed by atoms with Crippen LogP contribution in [0.3, 0.4) is 0 Å². The maximum Gasteiger partial charge on any atom is 0.416 e. The van der Waals surface area contributed by atoms with Gasteiger partial charge in [-0.05, 0) is 54.9 Å². The van der Waals surface area contributed by atoms with Gasteiger partial charge in [0.05, 0.1) is 5.56 Å². The standard InChI is InChI=1S/C22H27F3N4O/c1-3-28-9-11-29(12-10-28)20-8-7-19(13-16(20)2)27-21(30)26-15-17-5-4-6-18(14-17)22(23,24)25/h4-8,13-14H,3,9-12,15H2,1-2H3,(H2,26,27,30). The van der Waals surface area contributed by atoms with Crippen LogP contribution in [0.2, 0.25) is 0 Å². The summed E-state index contributed by atoms with van der Waals surface area (Å²) in [5, 5.41) is 5.35. The first-order valence-corrected chi connectivity index (χ1v) is 10.0. The summed E-state index contributed by atoms with van der Waals surface area (Å²) in [6.07, 6.45) is -4.40. The number of nitrogens with one attached hydrogen (secondary N) is 2. The van der Waals surface area contributed by atoms with Gasteiger partial charge >= 0.3 is 12.2 Å². The lowest BCUT2D eigenvalue weighted by atomic mass is 10.1. The largest absolute Gasteiger partial charge is 0.416 e. The summed E-state index contributed by atoms with van der Waals surface area (Å²) in [7, 11) is 0. The number of urea groups is 1. The first-order valence-electron chi connectivity index (χ1n) is 10.0. The molecule has 0 unspecified atom stereocenters. The van der Waals surface area contributed by atoms with E-state index in [9.17, 15) is 18.0 Å². The number of likely N-dealkylation sites (N-methyl/N-ethyl adjacent to an activating group) is 1. The van der Waals surface area contributed by atoms with Gasteiger partial charge in [-0.2, -0.15) is 13.2 Å². The van der Waals surface area contributed by atoms with E-state index in [0.717, 1.165) is 56.1 Å². The van der Waals surface area contributed by atoms with Crippen molar-refractivity contribution in [2.45, 2.75) is 26.6 Å². The van der Waals surface area contributed by atoms with Gasteiger partial charge in [-0.25, -0.2) is 4.79 Å². The van der Waals surface area contributed by atoms with Gasteiger partial charge in [0.2, 0.25) is 0 Å². The van der Waals surface area contributed by atoms with E-state index in [1.807, 2.05) is 25.1 Å². The minimum absolute atomic E-state index is 0.00846. The number of carbonyl (C=O) groups is 1. The van der Waals surface area contributed by atoms with Crippen LogP contribution in [0.25, 0.3) is 0 Å². The quantitative estimate of drug-likeness (QED) is 0.750. The second-order valence-corrected chi connectivity index (χ2v) is 7.43. The highest BCUT2D eigenvalue weighted by atomic mass is 19.4. The van der Waals surface area contributed by atoms with E-state index >= 15 is 0 Å². The summed E-state index contributed by atoms with van der Waals surface area (Å²) in [5.74, 6) is 0. The minimum atomic E-state index is -4.40. The summed E-state index contributed by atoms with van der Waals surface area (Å²) < 4.78 is 38.4.